The Balaban J connectivity index is 1.57. The molecule has 0 radical (unpaired) electrons. The fourth-order valence-electron chi connectivity index (χ4n) is 3.14. The number of carbonyl (C=O) groups excluding carboxylic acids is 1. The molecule has 0 saturated carbocycles. The van der Waals surface area contributed by atoms with Crippen LogP contribution < -0.4 is 5.32 Å². The molecule has 1 fully saturated rings. The van der Waals surface area contributed by atoms with Crippen LogP contribution in [0.15, 0.2) is 18.5 Å². The van der Waals surface area contributed by atoms with Gasteiger partial charge in [0.1, 0.15) is 11.3 Å². The molecule has 3 heterocycles. The van der Waals surface area contributed by atoms with Crippen LogP contribution in [0.1, 0.15) is 51.2 Å². The van der Waals surface area contributed by atoms with Crippen molar-refractivity contribution in [1.82, 2.24) is 25.3 Å². The van der Waals surface area contributed by atoms with E-state index in [9.17, 15) is 4.79 Å². The molecule has 2 aromatic rings. The van der Waals surface area contributed by atoms with Crippen molar-refractivity contribution in [3.05, 3.63) is 29.6 Å². The first-order chi connectivity index (χ1) is 14.3. The van der Waals surface area contributed by atoms with Gasteiger partial charge < -0.3 is 14.8 Å². The number of ether oxygens (including phenoxy) is 2. The Morgan fingerprint density at radius 3 is 2.93 bits per heavy atom. The molecule has 8 nitrogen and oxygen atoms in total. The van der Waals surface area contributed by atoms with E-state index in [1.807, 2.05) is 44.6 Å². The summed E-state index contributed by atoms with van der Waals surface area (Å²) in [6, 6.07) is 1.95. The maximum Gasteiger partial charge on any atom is 0.408 e. The van der Waals surface area contributed by atoms with Gasteiger partial charge in [-0.2, -0.15) is 0 Å². The molecule has 160 valence electrons. The van der Waals surface area contributed by atoms with Crippen LogP contribution in [-0.4, -0.2) is 50.9 Å². The summed E-state index contributed by atoms with van der Waals surface area (Å²) in [6.45, 7) is 9.15. The molecule has 30 heavy (non-hydrogen) atoms. The Kier molecular flexibility index (Phi) is 7.06. The van der Waals surface area contributed by atoms with Gasteiger partial charge in [0.15, 0.2) is 0 Å². The number of alkyl carbamates (subject to hydrolysis) is 1. The summed E-state index contributed by atoms with van der Waals surface area (Å²) < 4.78 is 12.8. The molecular weight excluding hydrogens is 382 g/mol. The minimum Gasteiger partial charge on any atom is -0.444 e. The Hall–Kier alpha value is -2.92. The molecule has 3 rings (SSSR count). The predicted molar refractivity (Wildman–Crippen MR) is 113 cm³/mol. The maximum absolute atomic E-state index is 11.6. The smallest absolute Gasteiger partial charge is 0.408 e. The Bertz CT molecular complexity index is 930. The lowest BCUT2D eigenvalue weighted by Gasteiger charge is -2.21. The second-order valence-corrected chi connectivity index (χ2v) is 8.36. The van der Waals surface area contributed by atoms with Gasteiger partial charge in [-0.1, -0.05) is 17.1 Å². The zero-order chi connectivity index (χ0) is 21.6. The van der Waals surface area contributed by atoms with E-state index in [1.165, 1.54) is 6.42 Å². The van der Waals surface area contributed by atoms with Crippen molar-refractivity contribution in [2.24, 2.45) is 0 Å². The number of hydrogen-bond donors (Lipinski definition) is 1. The lowest BCUT2D eigenvalue weighted by atomic mass is 10.1. The Labute approximate surface area is 177 Å². The molecule has 0 bridgehead atoms. The number of amides is 1. The van der Waals surface area contributed by atoms with Crippen LogP contribution in [0, 0.1) is 18.8 Å². The first kappa shape index (κ1) is 21.8. The second-order valence-electron chi connectivity index (χ2n) is 8.36. The number of aryl methyl sites for hydroxylation is 1. The quantitative estimate of drug-likeness (QED) is 0.778. The van der Waals surface area contributed by atoms with E-state index in [-0.39, 0.29) is 12.6 Å². The average molecular weight is 412 g/mol. The fraction of sp³-hybridized carbons (Fsp3) is 0.545. The fourth-order valence-corrected chi connectivity index (χ4v) is 3.14. The maximum atomic E-state index is 11.6. The van der Waals surface area contributed by atoms with Gasteiger partial charge in [-0.15, -0.1) is 5.10 Å². The summed E-state index contributed by atoms with van der Waals surface area (Å²) in [7, 11) is 0. The van der Waals surface area contributed by atoms with Crippen molar-refractivity contribution in [3.63, 3.8) is 0 Å². The largest absolute Gasteiger partial charge is 0.444 e. The van der Waals surface area contributed by atoms with Crippen LogP contribution >= 0.6 is 0 Å². The average Bonchev–Trinajstić information content (AvgIpc) is 3.13. The standard InChI is InChI=1S/C22H29N5O3/c1-16-12-17(8-7-10-23-21(28)30-22(2,3)4)13-24-20(16)19-15-27(26-25-19)14-18-9-5-6-11-29-18/h12-13,15,18H,5-6,9-11,14H2,1-4H3,(H,23,28). The third-order valence-electron chi connectivity index (χ3n) is 4.48. The third kappa shape index (κ3) is 6.56. The van der Waals surface area contributed by atoms with Crippen LogP contribution in [-0.2, 0) is 16.0 Å². The molecule has 1 aliphatic heterocycles. The highest BCUT2D eigenvalue weighted by Gasteiger charge is 2.17. The van der Waals surface area contributed by atoms with Crippen molar-refractivity contribution < 1.29 is 14.3 Å². The molecule has 1 N–H and O–H groups in total. The van der Waals surface area contributed by atoms with E-state index < -0.39 is 11.7 Å². The van der Waals surface area contributed by atoms with Gasteiger partial charge in [0, 0.05) is 18.4 Å². The summed E-state index contributed by atoms with van der Waals surface area (Å²) in [5, 5.41) is 11.1. The Morgan fingerprint density at radius 2 is 2.23 bits per heavy atom. The van der Waals surface area contributed by atoms with E-state index in [2.05, 4.69) is 32.5 Å². The molecule has 1 atom stereocenters. The number of nitrogens with zero attached hydrogens (tertiary/aromatic N) is 4. The van der Waals surface area contributed by atoms with E-state index in [0.29, 0.717) is 6.54 Å². The summed E-state index contributed by atoms with van der Waals surface area (Å²) in [5.74, 6) is 5.91. The SMILES string of the molecule is Cc1cc(C#CCNC(=O)OC(C)(C)C)cnc1-c1cn(CC2CCCCO2)nn1. The molecule has 2 aromatic heterocycles. The number of carbonyl (C=O) groups is 1. The van der Waals surface area contributed by atoms with Crippen molar-refractivity contribution in [3.8, 4) is 23.2 Å². The van der Waals surface area contributed by atoms with E-state index >= 15 is 0 Å². The molecule has 1 unspecified atom stereocenters. The molecule has 0 aliphatic carbocycles. The monoisotopic (exact) mass is 411 g/mol. The molecule has 1 aliphatic rings. The van der Waals surface area contributed by atoms with E-state index in [1.54, 1.807) is 6.20 Å². The van der Waals surface area contributed by atoms with Crippen LogP contribution in [0.3, 0.4) is 0 Å². The van der Waals surface area contributed by atoms with Crippen molar-refractivity contribution in [1.29, 1.82) is 0 Å². The van der Waals surface area contributed by atoms with E-state index in [0.717, 1.165) is 42.0 Å². The van der Waals surface area contributed by atoms with Crippen LogP contribution in [0.2, 0.25) is 0 Å². The topological polar surface area (TPSA) is 91.2 Å². The Morgan fingerprint density at radius 1 is 1.40 bits per heavy atom. The molecular formula is C22H29N5O3. The minimum absolute atomic E-state index is 0.202. The summed E-state index contributed by atoms with van der Waals surface area (Å²) in [4.78, 5) is 16.1. The predicted octanol–water partition coefficient (Wildman–Crippen LogP) is 3.09. The number of aromatic nitrogens is 4. The third-order valence-corrected chi connectivity index (χ3v) is 4.48. The van der Waals surface area contributed by atoms with Crippen molar-refractivity contribution in [2.75, 3.05) is 13.2 Å². The number of pyridine rings is 1. The highest BCUT2D eigenvalue weighted by atomic mass is 16.6. The zero-order valence-corrected chi connectivity index (χ0v) is 18.1. The van der Waals surface area contributed by atoms with Crippen molar-refractivity contribution in [2.45, 2.75) is 65.2 Å². The normalized spacial score (nSPS) is 16.5. The highest BCUT2D eigenvalue weighted by Crippen LogP contribution is 2.20. The summed E-state index contributed by atoms with van der Waals surface area (Å²) >= 11 is 0. The molecule has 1 amide bonds. The van der Waals surface area contributed by atoms with Gasteiger partial charge in [0.2, 0.25) is 0 Å². The van der Waals surface area contributed by atoms with E-state index in [4.69, 9.17) is 9.47 Å². The van der Waals surface area contributed by atoms with Gasteiger partial charge in [-0.3, -0.25) is 4.98 Å². The summed E-state index contributed by atoms with van der Waals surface area (Å²) in [6.07, 6.45) is 6.72. The molecule has 8 heteroatoms. The molecule has 0 spiro atoms. The van der Waals surface area contributed by atoms with Gasteiger partial charge in [0.05, 0.1) is 31.1 Å². The lowest BCUT2D eigenvalue weighted by molar-refractivity contribution is 0.00370. The second kappa shape index (κ2) is 9.72. The van der Waals surface area contributed by atoms with Gasteiger partial charge >= 0.3 is 6.09 Å². The number of hydrogen-bond acceptors (Lipinski definition) is 6. The first-order valence-electron chi connectivity index (χ1n) is 10.2. The minimum atomic E-state index is -0.528. The molecule has 1 saturated heterocycles. The first-order valence-corrected chi connectivity index (χ1v) is 10.2. The summed E-state index contributed by atoms with van der Waals surface area (Å²) in [5.41, 5.74) is 2.71. The zero-order valence-electron chi connectivity index (χ0n) is 18.1. The van der Waals surface area contributed by atoms with Crippen LogP contribution in [0.25, 0.3) is 11.4 Å². The molecule has 0 aromatic carbocycles. The highest BCUT2D eigenvalue weighted by molar-refractivity contribution is 5.68. The van der Waals surface area contributed by atoms with Crippen molar-refractivity contribution >= 4 is 6.09 Å². The number of nitrogens with one attached hydrogen (secondary N) is 1. The van der Waals surface area contributed by atoms with Crippen LogP contribution in [0.4, 0.5) is 4.79 Å². The van der Waals surface area contributed by atoms with Gasteiger partial charge in [0.25, 0.3) is 0 Å². The van der Waals surface area contributed by atoms with Gasteiger partial charge in [-0.05, 0) is 58.6 Å². The number of rotatable bonds is 4. The van der Waals surface area contributed by atoms with Gasteiger partial charge in [-0.25, -0.2) is 9.48 Å². The lowest BCUT2D eigenvalue weighted by Crippen LogP contribution is -2.32. The van der Waals surface area contributed by atoms with Crippen LogP contribution in [0.5, 0.6) is 0 Å².